The Morgan fingerprint density at radius 3 is 2.47 bits per heavy atom. The zero-order valence-corrected chi connectivity index (χ0v) is 24.0. The summed E-state index contributed by atoms with van der Waals surface area (Å²) in [6.45, 7) is 3.69. The monoisotopic (exact) mass is 591 g/mol. The van der Waals surface area contributed by atoms with Crippen molar-refractivity contribution in [3.8, 4) is 11.3 Å². The van der Waals surface area contributed by atoms with E-state index in [0.717, 1.165) is 11.1 Å². The third-order valence-electron chi connectivity index (χ3n) is 7.08. The minimum absolute atomic E-state index is 0.000769. The molecule has 0 bridgehead atoms. The van der Waals surface area contributed by atoms with Crippen LogP contribution in [0.3, 0.4) is 0 Å². The van der Waals surface area contributed by atoms with Crippen molar-refractivity contribution >= 4 is 34.8 Å². The third kappa shape index (κ3) is 5.24. The smallest absolute Gasteiger partial charge is 0.338 e. The molecule has 9 nitrogen and oxygen atoms in total. The molecule has 1 aliphatic heterocycles. The van der Waals surface area contributed by atoms with Crippen LogP contribution in [0.15, 0.2) is 111 Å². The lowest BCUT2D eigenvalue weighted by Gasteiger charge is -2.25. The Morgan fingerprint density at radius 2 is 1.79 bits per heavy atom. The first-order valence-corrected chi connectivity index (χ1v) is 14.4. The van der Waals surface area contributed by atoms with Crippen LogP contribution in [0.4, 0.5) is 5.69 Å². The van der Waals surface area contributed by atoms with Crippen LogP contribution in [-0.2, 0) is 9.53 Å². The number of thiazole rings is 1. The van der Waals surface area contributed by atoms with E-state index in [-0.39, 0.29) is 23.4 Å². The van der Waals surface area contributed by atoms with Gasteiger partial charge in [-0.2, -0.15) is 0 Å². The van der Waals surface area contributed by atoms with Gasteiger partial charge in [0.2, 0.25) is 0 Å². The number of nitro groups is 1. The van der Waals surface area contributed by atoms with Crippen molar-refractivity contribution in [2.24, 2.45) is 4.99 Å². The molecule has 0 N–H and O–H groups in total. The van der Waals surface area contributed by atoms with Gasteiger partial charge in [-0.15, -0.1) is 0 Å². The average Bonchev–Trinajstić information content (AvgIpc) is 3.61. The second-order valence-corrected chi connectivity index (χ2v) is 10.8. The Balaban J connectivity index is 1.52. The molecule has 0 saturated heterocycles. The fraction of sp³-hybridized carbons (Fsp3) is 0.121. The number of fused-ring (bicyclic) bond motifs is 1. The van der Waals surface area contributed by atoms with Crippen LogP contribution < -0.4 is 14.9 Å². The lowest BCUT2D eigenvalue weighted by atomic mass is 9.93. The standard InChI is InChI=1S/C33H25N3O6S/c1-3-41-32(38)28-29(21-10-6-4-7-11-21)34-33-35(30(28)22-12-8-5-9-13-22)31(37)27(43-33)19-24-15-17-26(42-24)25-16-14-23(36(39)40)18-20(25)2/h4-19,30H,3H2,1-2H3/b27-19-. The number of carbonyl (C=O) groups excluding carboxylic acids is 1. The first kappa shape index (κ1) is 27.8. The normalized spacial score (nSPS) is 14.7. The highest BCUT2D eigenvalue weighted by Crippen LogP contribution is 2.35. The molecule has 1 atom stereocenters. The van der Waals surface area contributed by atoms with E-state index >= 15 is 0 Å². The highest BCUT2D eigenvalue weighted by molar-refractivity contribution is 7.07. The lowest BCUT2D eigenvalue weighted by molar-refractivity contribution is -0.384. The Morgan fingerprint density at radius 1 is 1.07 bits per heavy atom. The predicted octanol–water partition coefficient (Wildman–Crippen LogP) is 5.41. The molecule has 2 aromatic heterocycles. The van der Waals surface area contributed by atoms with Crippen LogP contribution in [0.25, 0.3) is 23.1 Å². The average molecular weight is 592 g/mol. The van der Waals surface area contributed by atoms with Crippen LogP contribution >= 0.6 is 11.3 Å². The number of aryl methyl sites for hydroxylation is 1. The van der Waals surface area contributed by atoms with Crippen molar-refractivity contribution in [1.29, 1.82) is 0 Å². The van der Waals surface area contributed by atoms with Crippen molar-refractivity contribution in [3.63, 3.8) is 0 Å². The molecule has 3 aromatic carbocycles. The second kappa shape index (κ2) is 11.5. The number of ether oxygens (including phenoxy) is 1. The predicted molar refractivity (Wildman–Crippen MR) is 163 cm³/mol. The number of non-ortho nitro benzene ring substituents is 1. The van der Waals surface area contributed by atoms with Gasteiger partial charge in [-0.3, -0.25) is 19.5 Å². The summed E-state index contributed by atoms with van der Waals surface area (Å²) in [6.07, 6.45) is 1.65. The first-order valence-electron chi connectivity index (χ1n) is 13.5. The summed E-state index contributed by atoms with van der Waals surface area (Å²) in [5.41, 5.74) is 3.30. The highest BCUT2D eigenvalue weighted by atomic mass is 32.1. The molecule has 1 unspecified atom stereocenters. The van der Waals surface area contributed by atoms with E-state index in [0.29, 0.717) is 37.7 Å². The van der Waals surface area contributed by atoms with Gasteiger partial charge in [0.1, 0.15) is 11.5 Å². The third-order valence-corrected chi connectivity index (χ3v) is 8.06. The fourth-order valence-electron chi connectivity index (χ4n) is 5.13. The van der Waals surface area contributed by atoms with Crippen molar-refractivity contribution in [2.45, 2.75) is 19.9 Å². The number of hydrogen-bond donors (Lipinski definition) is 0. The van der Waals surface area contributed by atoms with E-state index in [1.165, 1.54) is 28.0 Å². The summed E-state index contributed by atoms with van der Waals surface area (Å²) in [5.74, 6) is 0.411. The van der Waals surface area contributed by atoms with Gasteiger partial charge in [-0.25, -0.2) is 9.79 Å². The molecule has 0 spiro atoms. The zero-order valence-electron chi connectivity index (χ0n) is 23.2. The minimum Gasteiger partial charge on any atom is -0.463 e. The number of hydrogen-bond acceptors (Lipinski definition) is 8. The van der Waals surface area contributed by atoms with E-state index in [1.807, 2.05) is 60.7 Å². The molecule has 5 aromatic rings. The number of nitro benzene ring substituents is 1. The van der Waals surface area contributed by atoms with E-state index < -0.39 is 16.9 Å². The number of benzene rings is 3. The molecule has 10 heteroatoms. The van der Waals surface area contributed by atoms with Crippen molar-refractivity contribution in [3.05, 3.63) is 149 Å². The van der Waals surface area contributed by atoms with Gasteiger partial charge in [0.25, 0.3) is 11.2 Å². The molecule has 214 valence electrons. The molecule has 43 heavy (non-hydrogen) atoms. The Hall–Kier alpha value is -5.35. The van der Waals surface area contributed by atoms with Gasteiger partial charge in [-0.1, -0.05) is 72.0 Å². The van der Waals surface area contributed by atoms with Gasteiger partial charge in [0.15, 0.2) is 4.80 Å². The van der Waals surface area contributed by atoms with Crippen LogP contribution in [0, 0.1) is 17.0 Å². The van der Waals surface area contributed by atoms with Crippen molar-refractivity contribution in [2.75, 3.05) is 6.61 Å². The van der Waals surface area contributed by atoms with Gasteiger partial charge in [0, 0.05) is 29.3 Å². The molecule has 0 amide bonds. The number of rotatable bonds is 7. The van der Waals surface area contributed by atoms with Gasteiger partial charge in [-0.05, 0) is 43.2 Å². The van der Waals surface area contributed by atoms with E-state index in [4.69, 9.17) is 14.1 Å². The second-order valence-electron chi connectivity index (χ2n) is 9.80. The number of furan rings is 1. The molecule has 1 aliphatic rings. The summed E-state index contributed by atoms with van der Waals surface area (Å²) in [4.78, 5) is 43.5. The quantitative estimate of drug-likeness (QED) is 0.142. The molecule has 6 rings (SSSR count). The molecular formula is C33H25N3O6S. The Bertz CT molecular complexity index is 2070. The van der Waals surface area contributed by atoms with Crippen LogP contribution in [0.1, 0.15) is 35.4 Å². The fourth-order valence-corrected chi connectivity index (χ4v) is 6.11. The number of aromatic nitrogens is 1. The van der Waals surface area contributed by atoms with Gasteiger partial charge >= 0.3 is 5.97 Å². The molecule has 0 radical (unpaired) electrons. The minimum atomic E-state index is -0.760. The number of esters is 1. The largest absolute Gasteiger partial charge is 0.463 e. The maximum absolute atomic E-state index is 14.0. The maximum atomic E-state index is 14.0. The highest BCUT2D eigenvalue weighted by Gasteiger charge is 2.35. The maximum Gasteiger partial charge on any atom is 0.338 e. The molecule has 3 heterocycles. The summed E-state index contributed by atoms with van der Waals surface area (Å²) in [6, 6.07) is 26.0. The summed E-state index contributed by atoms with van der Waals surface area (Å²) in [7, 11) is 0. The van der Waals surface area contributed by atoms with E-state index in [9.17, 15) is 19.7 Å². The lowest BCUT2D eigenvalue weighted by Crippen LogP contribution is -2.39. The van der Waals surface area contributed by atoms with Crippen molar-refractivity contribution in [1.82, 2.24) is 4.57 Å². The van der Waals surface area contributed by atoms with E-state index in [2.05, 4.69) is 0 Å². The Kier molecular flexibility index (Phi) is 7.43. The number of nitrogens with zero attached hydrogens (tertiary/aromatic N) is 3. The number of carbonyl (C=O) groups is 1. The van der Waals surface area contributed by atoms with Crippen LogP contribution in [-0.4, -0.2) is 22.1 Å². The summed E-state index contributed by atoms with van der Waals surface area (Å²) in [5, 5.41) is 11.1. The zero-order chi connectivity index (χ0) is 30.1. The molecule has 0 fully saturated rings. The Labute approximate surface area is 249 Å². The van der Waals surface area contributed by atoms with Crippen LogP contribution in [0.2, 0.25) is 0 Å². The molecule has 0 saturated carbocycles. The van der Waals surface area contributed by atoms with Gasteiger partial charge in [0.05, 0.1) is 33.4 Å². The van der Waals surface area contributed by atoms with Gasteiger partial charge < -0.3 is 9.15 Å². The molecule has 0 aliphatic carbocycles. The summed E-state index contributed by atoms with van der Waals surface area (Å²) < 4.78 is 13.5. The summed E-state index contributed by atoms with van der Waals surface area (Å²) >= 11 is 1.20. The topological polar surface area (TPSA) is 117 Å². The van der Waals surface area contributed by atoms with E-state index in [1.54, 1.807) is 38.1 Å². The van der Waals surface area contributed by atoms with Crippen LogP contribution in [0.5, 0.6) is 0 Å². The molecular weight excluding hydrogens is 566 g/mol. The SMILES string of the molecule is CCOC(=O)C1=C(c2ccccc2)N=c2s/c(=C\c3ccc(-c4ccc([N+](=O)[O-])cc4C)o3)c(=O)n2C1c1ccccc1. The first-order chi connectivity index (χ1) is 20.9. The van der Waals surface area contributed by atoms with Crippen molar-refractivity contribution < 1.29 is 18.9 Å².